The van der Waals surface area contributed by atoms with Gasteiger partial charge in [0.25, 0.3) is 5.91 Å². The summed E-state index contributed by atoms with van der Waals surface area (Å²) in [7, 11) is 0. The highest BCUT2D eigenvalue weighted by molar-refractivity contribution is 9.10. The molecule has 1 aliphatic heterocycles. The fourth-order valence-corrected chi connectivity index (χ4v) is 3.80. The van der Waals surface area contributed by atoms with Gasteiger partial charge in [-0.15, -0.1) is 0 Å². The van der Waals surface area contributed by atoms with Gasteiger partial charge in [-0.2, -0.15) is 0 Å². The summed E-state index contributed by atoms with van der Waals surface area (Å²) >= 11 is 3.46. The van der Waals surface area contributed by atoms with E-state index in [2.05, 4.69) is 41.0 Å². The summed E-state index contributed by atoms with van der Waals surface area (Å²) in [6.45, 7) is 6.92. The van der Waals surface area contributed by atoms with Crippen LogP contribution in [-0.2, 0) is 0 Å². The molecule has 1 aliphatic rings. The van der Waals surface area contributed by atoms with Gasteiger partial charge in [0.05, 0.1) is 0 Å². The maximum atomic E-state index is 12.5. The van der Waals surface area contributed by atoms with Crippen molar-refractivity contribution in [3.05, 3.63) is 52.5 Å². The van der Waals surface area contributed by atoms with E-state index in [9.17, 15) is 4.79 Å². The average Bonchev–Trinajstić information content (AvgIpc) is 3.05. The van der Waals surface area contributed by atoms with E-state index in [0.29, 0.717) is 12.3 Å². The summed E-state index contributed by atoms with van der Waals surface area (Å²) in [6, 6.07) is 7.58. The van der Waals surface area contributed by atoms with Crippen molar-refractivity contribution in [1.82, 2.24) is 20.2 Å². The molecule has 0 radical (unpaired) electrons. The minimum atomic E-state index is -0.166. The normalized spacial score (nSPS) is 15.1. The topological polar surface area (TPSA) is 74.5 Å². The molecule has 7 nitrogen and oxygen atoms in total. The lowest BCUT2D eigenvalue weighted by atomic mass is 10.1. The first-order chi connectivity index (χ1) is 13.6. The largest absolute Gasteiger partial charge is 0.451 e. The quantitative estimate of drug-likeness (QED) is 0.653. The highest BCUT2D eigenvalue weighted by atomic mass is 79.9. The maximum absolute atomic E-state index is 12.5. The van der Waals surface area contributed by atoms with E-state index in [1.807, 2.05) is 31.2 Å². The van der Waals surface area contributed by atoms with Crippen LogP contribution in [-0.4, -0.2) is 60.0 Å². The van der Waals surface area contributed by atoms with E-state index < -0.39 is 0 Å². The molecule has 2 aromatic heterocycles. The number of nitrogens with zero attached hydrogens (tertiary/aromatic N) is 4. The van der Waals surface area contributed by atoms with E-state index >= 15 is 0 Å². The van der Waals surface area contributed by atoms with Crippen molar-refractivity contribution < 1.29 is 9.21 Å². The molecule has 1 N–H and O–H groups in total. The van der Waals surface area contributed by atoms with Gasteiger partial charge >= 0.3 is 0 Å². The van der Waals surface area contributed by atoms with Crippen LogP contribution in [0.15, 0.2) is 45.5 Å². The van der Waals surface area contributed by atoms with Crippen molar-refractivity contribution in [3.8, 4) is 0 Å². The number of rotatable bonds is 5. The van der Waals surface area contributed by atoms with Crippen LogP contribution in [0.4, 0.5) is 5.95 Å². The number of aryl methyl sites for hydroxylation is 1. The Morgan fingerprint density at radius 1 is 1.21 bits per heavy atom. The third kappa shape index (κ3) is 4.02. The number of carbonyl (C=O) groups is 1. The number of hydrogen-bond donors (Lipinski definition) is 1. The smallest absolute Gasteiger partial charge is 0.287 e. The molecule has 8 heteroatoms. The Labute approximate surface area is 171 Å². The molecule has 146 valence electrons. The molecule has 4 rings (SSSR count). The first-order valence-corrected chi connectivity index (χ1v) is 10.1. The lowest BCUT2D eigenvalue weighted by molar-refractivity contribution is 0.0921. The second-order valence-electron chi connectivity index (χ2n) is 6.83. The molecule has 0 unspecified atom stereocenters. The summed E-state index contributed by atoms with van der Waals surface area (Å²) in [5.74, 6) is 1.00. The number of carbonyl (C=O) groups excluding carboxylic acids is 1. The van der Waals surface area contributed by atoms with Crippen molar-refractivity contribution in [2.24, 2.45) is 0 Å². The predicted molar refractivity (Wildman–Crippen MR) is 112 cm³/mol. The summed E-state index contributed by atoms with van der Waals surface area (Å²) < 4.78 is 6.72. The maximum Gasteiger partial charge on any atom is 0.287 e. The van der Waals surface area contributed by atoms with Crippen LogP contribution in [0.1, 0.15) is 16.1 Å². The number of anilines is 1. The lowest BCUT2D eigenvalue weighted by Crippen LogP contribution is -2.49. The van der Waals surface area contributed by atoms with Gasteiger partial charge in [-0.1, -0.05) is 15.9 Å². The first-order valence-electron chi connectivity index (χ1n) is 9.33. The Hall–Kier alpha value is -2.45. The van der Waals surface area contributed by atoms with Gasteiger partial charge < -0.3 is 14.6 Å². The molecule has 3 aromatic rings. The number of halogens is 1. The highest BCUT2D eigenvalue weighted by Gasteiger charge is 2.20. The van der Waals surface area contributed by atoms with Gasteiger partial charge in [-0.25, -0.2) is 9.97 Å². The minimum Gasteiger partial charge on any atom is -0.451 e. The molecule has 0 saturated carbocycles. The van der Waals surface area contributed by atoms with E-state index in [4.69, 9.17) is 4.42 Å². The lowest BCUT2D eigenvalue weighted by Gasteiger charge is -2.34. The summed E-state index contributed by atoms with van der Waals surface area (Å²) in [5, 5.41) is 3.94. The zero-order chi connectivity index (χ0) is 19.5. The van der Waals surface area contributed by atoms with Crippen LogP contribution in [0.5, 0.6) is 0 Å². The number of benzene rings is 1. The molecule has 0 aliphatic carbocycles. The van der Waals surface area contributed by atoms with Crippen LogP contribution in [0.3, 0.4) is 0 Å². The van der Waals surface area contributed by atoms with Gasteiger partial charge in [-0.05, 0) is 31.2 Å². The van der Waals surface area contributed by atoms with Crippen molar-refractivity contribution in [1.29, 1.82) is 0 Å². The average molecular weight is 444 g/mol. The molecule has 0 spiro atoms. The molecule has 0 atom stereocenters. The van der Waals surface area contributed by atoms with Crippen LogP contribution in [0, 0.1) is 6.92 Å². The SMILES string of the molecule is Cc1c(C(=O)NCCN2CCN(c3ncccn3)CC2)oc2ccc(Br)cc12. The molecule has 0 bridgehead atoms. The molecule has 1 aromatic carbocycles. The van der Waals surface area contributed by atoms with Gasteiger partial charge in [0.15, 0.2) is 5.76 Å². The fourth-order valence-electron chi connectivity index (χ4n) is 3.44. The number of fused-ring (bicyclic) bond motifs is 1. The molecular weight excluding hydrogens is 422 g/mol. The first kappa shape index (κ1) is 18.9. The van der Waals surface area contributed by atoms with Gasteiger partial charge in [0, 0.05) is 67.1 Å². The number of aromatic nitrogens is 2. The van der Waals surface area contributed by atoms with Gasteiger partial charge in [-0.3, -0.25) is 9.69 Å². The third-order valence-corrected chi connectivity index (χ3v) is 5.52. The highest BCUT2D eigenvalue weighted by Crippen LogP contribution is 2.27. The molecule has 1 fully saturated rings. The van der Waals surface area contributed by atoms with E-state index in [0.717, 1.165) is 59.7 Å². The predicted octanol–water partition coefficient (Wildman–Crippen LogP) is 2.85. The van der Waals surface area contributed by atoms with Crippen molar-refractivity contribution in [3.63, 3.8) is 0 Å². The molecule has 1 saturated heterocycles. The zero-order valence-corrected chi connectivity index (χ0v) is 17.3. The standard InChI is InChI=1S/C20H22BrN5O2/c1-14-16-13-15(21)3-4-17(16)28-18(14)19(27)22-7-8-25-9-11-26(12-10-25)20-23-5-2-6-24-20/h2-6,13H,7-12H2,1H3,(H,22,27). The Kier molecular flexibility index (Phi) is 5.59. The van der Waals surface area contributed by atoms with Crippen LogP contribution < -0.4 is 10.2 Å². The number of amides is 1. The third-order valence-electron chi connectivity index (χ3n) is 5.03. The van der Waals surface area contributed by atoms with Crippen molar-refractivity contribution in [2.75, 3.05) is 44.2 Å². The second-order valence-corrected chi connectivity index (χ2v) is 7.75. The summed E-state index contributed by atoms with van der Waals surface area (Å²) in [6.07, 6.45) is 3.53. The van der Waals surface area contributed by atoms with Gasteiger partial charge in [0.2, 0.25) is 5.95 Å². The Morgan fingerprint density at radius 2 is 1.96 bits per heavy atom. The molecule has 3 heterocycles. The number of nitrogens with one attached hydrogen (secondary N) is 1. The van der Waals surface area contributed by atoms with Crippen LogP contribution in [0.25, 0.3) is 11.0 Å². The minimum absolute atomic E-state index is 0.166. The Balaban J connectivity index is 1.28. The van der Waals surface area contributed by atoms with Crippen LogP contribution >= 0.6 is 15.9 Å². The van der Waals surface area contributed by atoms with E-state index in [1.165, 1.54) is 0 Å². The van der Waals surface area contributed by atoms with E-state index in [1.54, 1.807) is 12.4 Å². The zero-order valence-electron chi connectivity index (χ0n) is 15.7. The molecule has 28 heavy (non-hydrogen) atoms. The van der Waals surface area contributed by atoms with Crippen LogP contribution in [0.2, 0.25) is 0 Å². The number of furan rings is 1. The monoisotopic (exact) mass is 443 g/mol. The second kappa shape index (κ2) is 8.28. The molecular formula is C20H22BrN5O2. The van der Waals surface area contributed by atoms with Crippen molar-refractivity contribution >= 4 is 38.8 Å². The molecule has 1 amide bonds. The summed E-state index contributed by atoms with van der Waals surface area (Å²) in [5.41, 5.74) is 1.59. The van der Waals surface area contributed by atoms with E-state index in [-0.39, 0.29) is 5.91 Å². The van der Waals surface area contributed by atoms with Crippen molar-refractivity contribution in [2.45, 2.75) is 6.92 Å². The Bertz CT molecular complexity index is 967. The Morgan fingerprint density at radius 3 is 2.71 bits per heavy atom. The summed E-state index contributed by atoms with van der Waals surface area (Å²) in [4.78, 5) is 25.7. The van der Waals surface area contributed by atoms with Gasteiger partial charge in [0.1, 0.15) is 5.58 Å². The fraction of sp³-hybridized carbons (Fsp3) is 0.350. The number of hydrogen-bond acceptors (Lipinski definition) is 6. The number of piperazine rings is 1.